The molecule has 0 saturated carbocycles. The number of carbonyl (C=O) groups is 1. The number of rotatable bonds is 3. The largest absolute Gasteiger partial charge is 0.389 e. The van der Waals surface area contributed by atoms with Crippen LogP contribution in [0, 0.1) is 5.82 Å². The van der Waals surface area contributed by atoms with Crippen molar-refractivity contribution in [2.75, 3.05) is 19.3 Å². The lowest BCUT2D eigenvalue weighted by molar-refractivity contribution is 0.0365. The van der Waals surface area contributed by atoms with Crippen molar-refractivity contribution in [2.24, 2.45) is 0 Å². The smallest absolute Gasteiger partial charge is 0.256 e. The SMILES string of the molecule is CN(CC(C)(C)O)C(=O)c1ccnc(N)c1F. The molecular formula is C11H16FN3O2. The lowest BCUT2D eigenvalue weighted by atomic mass is 10.1. The molecule has 94 valence electrons. The van der Waals surface area contributed by atoms with Crippen molar-refractivity contribution in [1.82, 2.24) is 9.88 Å². The summed E-state index contributed by atoms with van der Waals surface area (Å²) in [7, 11) is 1.48. The molecule has 3 N–H and O–H groups in total. The number of pyridine rings is 1. The fourth-order valence-corrected chi connectivity index (χ4v) is 1.48. The molecule has 1 aromatic heterocycles. The summed E-state index contributed by atoms with van der Waals surface area (Å²) in [4.78, 5) is 16.7. The second-order valence-corrected chi connectivity index (χ2v) is 4.53. The van der Waals surface area contributed by atoms with Crippen LogP contribution in [0.25, 0.3) is 0 Å². The van der Waals surface area contributed by atoms with E-state index < -0.39 is 17.3 Å². The number of hydrogen-bond donors (Lipinski definition) is 2. The number of hydrogen-bond acceptors (Lipinski definition) is 4. The zero-order chi connectivity index (χ0) is 13.2. The van der Waals surface area contributed by atoms with Crippen molar-refractivity contribution in [3.05, 3.63) is 23.6 Å². The number of aromatic nitrogens is 1. The number of anilines is 1. The van der Waals surface area contributed by atoms with E-state index in [1.54, 1.807) is 13.8 Å². The molecule has 1 amide bonds. The minimum Gasteiger partial charge on any atom is -0.389 e. The van der Waals surface area contributed by atoms with Gasteiger partial charge in [0.1, 0.15) is 0 Å². The molecule has 0 saturated heterocycles. The first-order chi connectivity index (χ1) is 7.72. The summed E-state index contributed by atoms with van der Waals surface area (Å²) in [6.45, 7) is 3.22. The first kappa shape index (κ1) is 13.4. The number of likely N-dealkylation sites (N-methyl/N-ethyl adjacent to an activating group) is 1. The molecule has 1 heterocycles. The molecule has 5 nitrogen and oxygen atoms in total. The molecule has 17 heavy (non-hydrogen) atoms. The first-order valence-electron chi connectivity index (χ1n) is 5.10. The molecule has 0 fully saturated rings. The van der Waals surface area contributed by atoms with Crippen molar-refractivity contribution in [3.8, 4) is 0 Å². The summed E-state index contributed by atoms with van der Waals surface area (Å²) in [5.74, 6) is -1.69. The van der Waals surface area contributed by atoms with Gasteiger partial charge in [0.05, 0.1) is 11.2 Å². The minimum absolute atomic E-state index is 0.0908. The predicted octanol–water partition coefficient (Wildman–Crippen LogP) is 0.646. The van der Waals surface area contributed by atoms with Gasteiger partial charge in [-0.2, -0.15) is 0 Å². The number of carbonyl (C=O) groups excluding carboxylic acids is 1. The van der Waals surface area contributed by atoms with E-state index in [4.69, 9.17) is 5.73 Å². The summed E-state index contributed by atoms with van der Waals surface area (Å²) in [5.41, 5.74) is 4.09. The van der Waals surface area contributed by atoms with Crippen molar-refractivity contribution in [1.29, 1.82) is 0 Å². The van der Waals surface area contributed by atoms with Crippen LogP contribution >= 0.6 is 0 Å². The molecular weight excluding hydrogens is 225 g/mol. The van der Waals surface area contributed by atoms with E-state index in [0.717, 1.165) is 0 Å². The molecule has 1 aromatic rings. The second-order valence-electron chi connectivity index (χ2n) is 4.53. The van der Waals surface area contributed by atoms with E-state index in [1.165, 1.54) is 24.2 Å². The summed E-state index contributed by atoms with van der Waals surface area (Å²) < 4.78 is 13.5. The Bertz CT molecular complexity index is 429. The molecule has 0 aliphatic rings. The molecule has 1 rings (SSSR count). The van der Waals surface area contributed by atoms with E-state index in [9.17, 15) is 14.3 Å². The van der Waals surface area contributed by atoms with E-state index in [-0.39, 0.29) is 17.9 Å². The van der Waals surface area contributed by atoms with Crippen molar-refractivity contribution in [2.45, 2.75) is 19.4 Å². The van der Waals surface area contributed by atoms with Gasteiger partial charge < -0.3 is 15.7 Å². The number of amides is 1. The fourth-order valence-electron chi connectivity index (χ4n) is 1.48. The average molecular weight is 241 g/mol. The van der Waals surface area contributed by atoms with Gasteiger partial charge in [-0.1, -0.05) is 0 Å². The van der Waals surface area contributed by atoms with Gasteiger partial charge >= 0.3 is 0 Å². The molecule has 0 atom stereocenters. The summed E-state index contributed by atoms with van der Waals surface area (Å²) in [6, 6.07) is 1.26. The third-order valence-corrected chi connectivity index (χ3v) is 2.12. The molecule has 0 bridgehead atoms. The highest BCUT2D eigenvalue weighted by Crippen LogP contribution is 2.15. The van der Waals surface area contributed by atoms with E-state index in [2.05, 4.69) is 4.98 Å². The normalized spacial score (nSPS) is 11.4. The highest BCUT2D eigenvalue weighted by Gasteiger charge is 2.23. The maximum absolute atomic E-state index is 13.5. The van der Waals surface area contributed by atoms with Gasteiger partial charge in [-0.25, -0.2) is 9.37 Å². The topological polar surface area (TPSA) is 79.5 Å². The van der Waals surface area contributed by atoms with Gasteiger partial charge in [0, 0.05) is 19.8 Å². The first-order valence-corrected chi connectivity index (χ1v) is 5.10. The van der Waals surface area contributed by atoms with Gasteiger partial charge in [-0.05, 0) is 19.9 Å². The van der Waals surface area contributed by atoms with Crippen LogP contribution in [0.15, 0.2) is 12.3 Å². The number of nitrogen functional groups attached to an aromatic ring is 1. The highest BCUT2D eigenvalue weighted by molar-refractivity contribution is 5.95. The summed E-state index contributed by atoms with van der Waals surface area (Å²) in [5, 5.41) is 9.58. The molecule has 0 unspecified atom stereocenters. The Morgan fingerprint density at radius 1 is 1.65 bits per heavy atom. The number of aliphatic hydroxyl groups is 1. The number of nitrogens with two attached hydrogens (primary N) is 1. The van der Waals surface area contributed by atoms with Crippen LogP contribution in [-0.2, 0) is 0 Å². The Labute approximate surface area is 99.1 Å². The maximum atomic E-state index is 13.5. The Hall–Kier alpha value is -1.69. The molecule has 6 heteroatoms. The lowest BCUT2D eigenvalue weighted by Crippen LogP contribution is -2.40. The van der Waals surface area contributed by atoms with Crippen LogP contribution in [0.2, 0.25) is 0 Å². The zero-order valence-electron chi connectivity index (χ0n) is 10.1. The van der Waals surface area contributed by atoms with Gasteiger partial charge in [0.25, 0.3) is 5.91 Å². The minimum atomic E-state index is -1.04. The standard InChI is InChI=1S/C11H16FN3O2/c1-11(2,17)6-15(3)10(16)7-4-5-14-9(13)8(7)12/h4-5,17H,6H2,1-3H3,(H2,13,14). The Morgan fingerprint density at radius 2 is 2.24 bits per heavy atom. The van der Waals surface area contributed by atoms with Crippen LogP contribution in [0.3, 0.4) is 0 Å². The molecule has 0 aliphatic heterocycles. The quantitative estimate of drug-likeness (QED) is 0.814. The van der Waals surface area contributed by atoms with Crippen molar-refractivity contribution >= 4 is 11.7 Å². The average Bonchev–Trinajstić information content (AvgIpc) is 2.18. The Balaban J connectivity index is 2.93. The Morgan fingerprint density at radius 3 is 2.76 bits per heavy atom. The zero-order valence-corrected chi connectivity index (χ0v) is 10.1. The third kappa shape index (κ3) is 3.39. The second kappa shape index (κ2) is 4.67. The summed E-state index contributed by atoms with van der Waals surface area (Å²) in [6.07, 6.45) is 1.27. The van der Waals surface area contributed by atoms with Gasteiger partial charge in [0.15, 0.2) is 11.6 Å². The van der Waals surface area contributed by atoms with Crippen LogP contribution < -0.4 is 5.73 Å². The fraction of sp³-hybridized carbons (Fsp3) is 0.455. The third-order valence-electron chi connectivity index (χ3n) is 2.12. The van der Waals surface area contributed by atoms with Crippen molar-refractivity contribution < 1.29 is 14.3 Å². The number of nitrogens with zero attached hydrogens (tertiary/aromatic N) is 2. The maximum Gasteiger partial charge on any atom is 0.256 e. The van der Waals surface area contributed by atoms with Crippen LogP contribution in [0.1, 0.15) is 24.2 Å². The molecule has 0 aromatic carbocycles. The van der Waals surface area contributed by atoms with Crippen LogP contribution in [0.4, 0.5) is 10.2 Å². The van der Waals surface area contributed by atoms with Gasteiger partial charge in [-0.3, -0.25) is 4.79 Å². The molecule has 0 aliphatic carbocycles. The van der Waals surface area contributed by atoms with Gasteiger partial charge in [0.2, 0.25) is 0 Å². The van der Waals surface area contributed by atoms with E-state index >= 15 is 0 Å². The van der Waals surface area contributed by atoms with Crippen LogP contribution in [-0.4, -0.2) is 40.1 Å². The van der Waals surface area contributed by atoms with Crippen LogP contribution in [0.5, 0.6) is 0 Å². The monoisotopic (exact) mass is 241 g/mol. The Kier molecular flexibility index (Phi) is 3.67. The van der Waals surface area contributed by atoms with E-state index in [1.807, 2.05) is 0 Å². The molecule has 0 spiro atoms. The number of halogens is 1. The summed E-state index contributed by atoms with van der Waals surface area (Å²) >= 11 is 0. The predicted molar refractivity (Wildman–Crippen MR) is 61.9 cm³/mol. The van der Waals surface area contributed by atoms with Gasteiger partial charge in [-0.15, -0.1) is 0 Å². The van der Waals surface area contributed by atoms with E-state index in [0.29, 0.717) is 0 Å². The highest BCUT2D eigenvalue weighted by atomic mass is 19.1. The molecule has 0 radical (unpaired) electrons. The van der Waals surface area contributed by atoms with Crippen molar-refractivity contribution in [3.63, 3.8) is 0 Å². The lowest BCUT2D eigenvalue weighted by Gasteiger charge is -2.25.